The number of carbonyl (C=O) groups excluding carboxylic acids is 1. The van der Waals surface area contributed by atoms with E-state index >= 15 is 0 Å². The molecule has 0 fully saturated rings. The molecule has 0 radical (unpaired) electrons. The van der Waals surface area contributed by atoms with E-state index in [2.05, 4.69) is 20.9 Å². The van der Waals surface area contributed by atoms with Crippen LogP contribution in [0.1, 0.15) is 36.3 Å². The summed E-state index contributed by atoms with van der Waals surface area (Å²) in [7, 11) is 0. The largest absolute Gasteiger partial charge is 0.418 e. The Balaban J connectivity index is 1.67. The second-order valence-corrected chi connectivity index (χ2v) is 8.18. The van der Waals surface area contributed by atoms with Crippen molar-refractivity contribution in [1.82, 2.24) is 14.9 Å². The van der Waals surface area contributed by atoms with E-state index < -0.39 is 28.9 Å². The molecule has 0 unspecified atom stereocenters. The van der Waals surface area contributed by atoms with Gasteiger partial charge in [0, 0.05) is 6.42 Å². The average Bonchev–Trinajstić information content (AvgIpc) is 3.15. The van der Waals surface area contributed by atoms with Gasteiger partial charge >= 0.3 is 6.18 Å². The smallest absolute Gasteiger partial charge is 0.324 e. The van der Waals surface area contributed by atoms with Gasteiger partial charge in [-0.2, -0.15) is 13.2 Å². The lowest BCUT2D eigenvalue weighted by molar-refractivity contribution is -0.137. The Kier molecular flexibility index (Phi) is 5.90. The molecular weight excluding hydrogens is 427 g/mol. The van der Waals surface area contributed by atoms with Crippen molar-refractivity contribution in [2.75, 3.05) is 10.7 Å². The van der Waals surface area contributed by atoms with Gasteiger partial charge < -0.3 is 10.7 Å². The zero-order chi connectivity index (χ0) is 22.0. The molecular formula is C21H20F3N5OS. The van der Waals surface area contributed by atoms with Crippen LogP contribution in [-0.4, -0.2) is 26.0 Å². The van der Waals surface area contributed by atoms with Crippen molar-refractivity contribution in [2.45, 2.75) is 42.4 Å². The Labute approximate surface area is 181 Å². The number of para-hydroxylation sites is 1. The number of hydrogen-bond donors (Lipinski definition) is 2. The summed E-state index contributed by atoms with van der Waals surface area (Å²) in [6.07, 6.45) is -2.99. The lowest BCUT2D eigenvalue weighted by Crippen LogP contribution is -2.41. The lowest BCUT2D eigenvalue weighted by Gasteiger charge is -2.33. The van der Waals surface area contributed by atoms with Gasteiger partial charge in [0.25, 0.3) is 0 Å². The van der Waals surface area contributed by atoms with Gasteiger partial charge in [-0.15, -0.1) is 10.2 Å². The molecule has 4 rings (SSSR count). The molecule has 31 heavy (non-hydrogen) atoms. The van der Waals surface area contributed by atoms with Gasteiger partial charge in [-0.3, -0.25) is 4.79 Å². The fourth-order valence-electron chi connectivity index (χ4n) is 3.44. The molecule has 2 aromatic carbocycles. The third-order valence-electron chi connectivity index (χ3n) is 4.88. The SMILES string of the molecule is CCCc1nnc2n1N[C@@H](c1ccccc1)[C@@H](C(=O)Nc1ccccc1C(F)(F)F)S2. The fourth-order valence-corrected chi connectivity index (χ4v) is 4.54. The van der Waals surface area contributed by atoms with E-state index in [4.69, 9.17) is 0 Å². The maximum Gasteiger partial charge on any atom is 0.418 e. The predicted octanol–water partition coefficient (Wildman–Crippen LogP) is 4.65. The van der Waals surface area contributed by atoms with Crippen molar-refractivity contribution >= 4 is 23.4 Å². The van der Waals surface area contributed by atoms with Crippen molar-refractivity contribution in [1.29, 1.82) is 0 Å². The van der Waals surface area contributed by atoms with E-state index in [9.17, 15) is 18.0 Å². The number of amides is 1. The molecule has 0 saturated heterocycles. The van der Waals surface area contributed by atoms with E-state index in [1.807, 2.05) is 37.3 Å². The highest BCUT2D eigenvalue weighted by Gasteiger charge is 2.39. The second-order valence-electron chi connectivity index (χ2n) is 7.07. The maximum atomic E-state index is 13.4. The van der Waals surface area contributed by atoms with Crippen molar-refractivity contribution in [2.24, 2.45) is 0 Å². The highest BCUT2D eigenvalue weighted by atomic mass is 32.2. The first-order valence-corrected chi connectivity index (χ1v) is 10.7. The minimum absolute atomic E-state index is 0.272. The minimum atomic E-state index is -4.57. The lowest BCUT2D eigenvalue weighted by atomic mass is 10.0. The van der Waals surface area contributed by atoms with Crippen LogP contribution in [0.25, 0.3) is 0 Å². The van der Waals surface area contributed by atoms with Crippen LogP contribution < -0.4 is 10.7 Å². The highest BCUT2D eigenvalue weighted by molar-refractivity contribution is 8.00. The van der Waals surface area contributed by atoms with Crippen molar-refractivity contribution in [3.63, 3.8) is 0 Å². The zero-order valence-corrected chi connectivity index (χ0v) is 17.4. The molecule has 1 aliphatic rings. The van der Waals surface area contributed by atoms with Crippen molar-refractivity contribution in [3.8, 4) is 0 Å². The topological polar surface area (TPSA) is 71.8 Å². The number of thioether (sulfide) groups is 1. The first-order chi connectivity index (χ1) is 14.9. The van der Waals surface area contributed by atoms with E-state index in [1.54, 1.807) is 4.68 Å². The quantitative estimate of drug-likeness (QED) is 0.596. The number of halogens is 3. The Morgan fingerprint density at radius 3 is 2.55 bits per heavy atom. The van der Waals surface area contributed by atoms with Gasteiger partial charge in [0.2, 0.25) is 11.1 Å². The van der Waals surface area contributed by atoms with Crippen molar-refractivity contribution < 1.29 is 18.0 Å². The summed E-state index contributed by atoms with van der Waals surface area (Å²) in [6, 6.07) is 13.8. The van der Waals surface area contributed by atoms with Crippen LogP contribution in [0.3, 0.4) is 0 Å². The number of aryl methyl sites for hydroxylation is 1. The number of carbonyl (C=O) groups is 1. The summed E-state index contributed by atoms with van der Waals surface area (Å²) < 4.78 is 41.9. The third kappa shape index (κ3) is 4.39. The molecule has 0 bridgehead atoms. The molecule has 2 heterocycles. The number of hydrogen-bond acceptors (Lipinski definition) is 5. The predicted molar refractivity (Wildman–Crippen MR) is 112 cm³/mol. The molecule has 0 aliphatic carbocycles. The Hall–Kier alpha value is -3.01. The number of fused-ring (bicyclic) bond motifs is 1. The number of aromatic nitrogens is 3. The van der Waals surface area contributed by atoms with Gasteiger partial charge in [-0.25, -0.2) is 4.68 Å². The first kappa shape index (κ1) is 21.2. The van der Waals surface area contributed by atoms with Crippen LogP contribution in [0.2, 0.25) is 0 Å². The van der Waals surface area contributed by atoms with Crippen LogP contribution in [0.5, 0.6) is 0 Å². The molecule has 3 aromatic rings. The number of rotatable bonds is 5. The van der Waals surface area contributed by atoms with E-state index in [-0.39, 0.29) is 5.69 Å². The summed E-state index contributed by atoms with van der Waals surface area (Å²) in [5.41, 5.74) is 2.97. The van der Waals surface area contributed by atoms with Crippen LogP contribution in [0.4, 0.5) is 18.9 Å². The number of nitrogens with zero attached hydrogens (tertiary/aromatic N) is 3. The van der Waals surface area contributed by atoms with Gasteiger partial charge in [0.1, 0.15) is 5.25 Å². The molecule has 1 aromatic heterocycles. The first-order valence-electron chi connectivity index (χ1n) is 9.78. The summed E-state index contributed by atoms with van der Waals surface area (Å²) in [4.78, 5) is 13.2. The maximum absolute atomic E-state index is 13.4. The third-order valence-corrected chi connectivity index (χ3v) is 6.10. The van der Waals surface area contributed by atoms with E-state index in [1.165, 1.54) is 30.0 Å². The van der Waals surface area contributed by atoms with Gasteiger partial charge in [-0.05, 0) is 24.1 Å². The van der Waals surface area contributed by atoms with E-state index in [0.717, 1.165) is 23.9 Å². The van der Waals surface area contributed by atoms with E-state index in [0.29, 0.717) is 11.6 Å². The monoisotopic (exact) mass is 447 g/mol. The molecule has 0 saturated carbocycles. The summed E-state index contributed by atoms with van der Waals surface area (Å²) in [6.45, 7) is 2.03. The minimum Gasteiger partial charge on any atom is -0.324 e. The van der Waals surface area contributed by atoms with Gasteiger partial charge in [-0.1, -0.05) is 61.2 Å². The highest BCUT2D eigenvalue weighted by Crippen LogP contribution is 2.39. The summed E-state index contributed by atoms with van der Waals surface area (Å²) >= 11 is 1.18. The number of alkyl halides is 3. The molecule has 0 spiro atoms. The van der Waals surface area contributed by atoms with Crippen LogP contribution >= 0.6 is 11.8 Å². The Morgan fingerprint density at radius 1 is 1.13 bits per heavy atom. The standard InChI is InChI=1S/C21H20F3N5OS/c1-2-8-16-26-27-20-29(16)28-17(13-9-4-3-5-10-13)18(31-20)19(30)25-15-12-7-6-11-14(15)21(22,23)24/h3-7,9-12,17-18,28H,2,8H2,1H3,(H,25,30)/t17-,18-/m0/s1. The molecule has 1 amide bonds. The molecule has 10 heteroatoms. The van der Waals surface area contributed by atoms with Crippen LogP contribution in [-0.2, 0) is 17.4 Å². The molecule has 1 aliphatic heterocycles. The second kappa shape index (κ2) is 8.62. The molecule has 6 nitrogen and oxygen atoms in total. The zero-order valence-electron chi connectivity index (χ0n) is 16.6. The number of anilines is 1. The molecule has 162 valence electrons. The summed E-state index contributed by atoms with van der Waals surface area (Å²) in [5.74, 6) is 0.196. The van der Waals surface area contributed by atoms with Gasteiger partial charge in [0.05, 0.1) is 17.3 Å². The number of nitrogens with one attached hydrogen (secondary N) is 2. The summed E-state index contributed by atoms with van der Waals surface area (Å²) in [5, 5.41) is 10.6. The molecule has 2 atom stereocenters. The van der Waals surface area contributed by atoms with Gasteiger partial charge in [0.15, 0.2) is 5.82 Å². The average molecular weight is 447 g/mol. The van der Waals surface area contributed by atoms with Crippen LogP contribution in [0, 0.1) is 0 Å². The fraction of sp³-hybridized carbons (Fsp3) is 0.286. The Bertz CT molecular complexity index is 1070. The van der Waals surface area contributed by atoms with Crippen LogP contribution in [0.15, 0.2) is 59.8 Å². The number of benzene rings is 2. The molecule has 2 N–H and O–H groups in total. The normalized spacial score (nSPS) is 18.2. The van der Waals surface area contributed by atoms with Crippen molar-refractivity contribution in [3.05, 3.63) is 71.5 Å². The Morgan fingerprint density at radius 2 is 1.84 bits per heavy atom.